The van der Waals surface area contributed by atoms with Gasteiger partial charge in [-0.25, -0.2) is 4.79 Å². The quantitative estimate of drug-likeness (QED) is 0.209. The normalized spacial score (nSPS) is 15.9. The third-order valence-corrected chi connectivity index (χ3v) is 4.69. The lowest BCUT2D eigenvalue weighted by Gasteiger charge is -2.35. The molecule has 160 valence electrons. The van der Waals surface area contributed by atoms with E-state index in [2.05, 4.69) is 26.1 Å². The van der Waals surface area contributed by atoms with Gasteiger partial charge in [0.2, 0.25) is 0 Å². The van der Waals surface area contributed by atoms with Crippen LogP contribution < -0.4 is 0 Å². The van der Waals surface area contributed by atoms with Crippen LogP contribution in [0.15, 0.2) is 0 Å². The van der Waals surface area contributed by atoms with Crippen molar-refractivity contribution in [3.63, 3.8) is 0 Å². The largest absolute Gasteiger partial charge is 0.444 e. The van der Waals surface area contributed by atoms with Crippen LogP contribution in [-0.4, -0.2) is 100 Å². The molecular weight excluding hydrogens is 487 g/mol. The van der Waals surface area contributed by atoms with E-state index in [1.54, 1.807) is 4.90 Å². The van der Waals surface area contributed by atoms with Crippen molar-refractivity contribution in [2.24, 2.45) is 0 Å². The van der Waals surface area contributed by atoms with Gasteiger partial charge in [0, 0.05) is 53.9 Å². The molecule has 1 saturated heterocycles. The first-order valence-electron chi connectivity index (χ1n) is 9.26. The van der Waals surface area contributed by atoms with Crippen LogP contribution in [0.25, 0.3) is 0 Å². The van der Waals surface area contributed by atoms with Crippen molar-refractivity contribution < 1.29 is 27.9 Å². The Morgan fingerprint density at radius 2 is 1.41 bits per heavy atom. The fourth-order valence-corrected chi connectivity index (χ4v) is 3.01. The number of piperazine rings is 1. The molecule has 0 aromatic heterocycles. The molecule has 0 aliphatic carbocycles. The van der Waals surface area contributed by atoms with E-state index in [4.69, 9.17) is 23.1 Å². The van der Waals surface area contributed by atoms with Gasteiger partial charge in [0.05, 0.1) is 55.5 Å². The summed E-state index contributed by atoms with van der Waals surface area (Å²) in [5, 5.41) is 0. The molecule has 10 heteroatoms. The van der Waals surface area contributed by atoms with Gasteiger partial charge in [-0.15, -0.1) is 0 Å². The van der Waals surface area contributed by atoms with Crippen LogP contribution in [0.4, 0.5) is 4.79 Å². The van der Waals surface area contributed by atoms with Crippen LogP contribution >= 0.6 is 30.4 Å². The Bertz CT molecular complexity index is 392. The molecule has 0 N–H and O–H groups in total. The van der Waals surface area contributed by atoms with Gasteiger partial charge in [0.1, 0.15) is 5.60 Å². The van der Waals surface area contributed by atoms with Gasteiger partial charge in [0.15, 0.2) is 0 Å². The number of halogens is 1. The predicted octanol–water partition coefficient (Wildman–Crippen LogP) is 2.60. The van der Waals surface area contributed by atoms with E-state index in [9.17, 15) is 4.79 Å². The second-order valence-electron chi connectivity index (χ2n) is 7.03. The molecule has 0 radical (unpaired) electrons. The molecule has 1 heterocycles. The molecule has 0 aromatic rings. The van der Waals surface area contributed by atoms with Crippen molar-refractivity contribution in [3.05, 3.63) is 0 Å². The molecule has 0 bridgehead atoms. The van der Waals surface area contributed by atoms with Gasteiger partial charge >= 0.3 is 6.09 Å². The minimum absolute atomic E-state index is 0.226. The summed E-state index contributed by atoms with van der Waals surface area (Å²) in [6.45, 7) is 13.7. The molecule has 0 spiro atoms. The van der Waals surface area contributed by atoms with E-state index in [0.717, 1.165) is 19.6 Å². The maximum atomic E-state index is 12.0. The summed E-state index contributed by atoms with van der Waals surface area (Å²) in [6, 6.07) is 0. The third-order valence-electron chi connectivity index (χ3n) is 3.68. The first-order valence-corrected chi connectivity index (χ1v) is 12.5. The lowest BCUT2D eigenvalue weighted by atomic mass is 10.2. The highest BCUT2D eigenvalue weighted by atomic mass is 127. The fourth-order valence-electron chi connectivity index (χ4n) is 2.34. The molecular formula is C17H33IN2O6S. The maximum absolute atomic E-state index is 12.0. The van der Waals surface area contributed by atoms with Crippen LogP contribution in [0.1, 0.15) is 20.8 Å². The van der Waals surface area contributed by atoms with Crippen molar-refractivity contribution in [2.45, 2.75) is 26.4 Å². The van der Waals surface area contributed by atoms with E-state index in [0.29, 0.717) is 59.3 Å². The average Bonchev–Trinajstić information content (AvgIpc) is 2.61. The van der Waals surface area contributed by atoms with E-state index in [-0.39, 0.29) is 6.09 Å². The summed E-state index contributed by atoms with van der Waals surface area (Å²) >= 11 is 2.08. The summed E-state index contributed by atoms with van der Waals surface area (Å²) in [5.74, 6) is 0. The van der Waals surface area contributed by atoms with Gasteiger partial charge in [-0.05, 0) is 20.8 Å². The minimum atomic E-state index is -0.446. The van der Waals surface area contributed by atoms with Crippen LogP contribution in [-0.2, 0) is 23.1 Å². The highest BCUT2D eigenvalue weighted by Gasteiger charge is 2.25. The Balaban J connectivity index is 1.91. The molecule has 0 saturated carbocycles. The molecule has 0 atom stereocenters. The van der Waals surface area contributed by atoms with Crippen LogP contribution in [0, 0.1) is 0 Å². The second kappa shape index (κ2) is 15.1. The van der Waals surface area contributed by atoms with E-state index in [1.807, 2.05) is 20.8 Å². The zero-order chi connectivity index (χ0) is 20.0. The number of ether oxygens (including phenoxy) is 4. The summed E-state index contributed by atoms with van der Waals surface area (Å²) in [5.41, 5.74) is -0.446. The summed E-state index contributed by atoms with van der Waals surface area (Å²) < 4.78 is 26.9. The molecule has 1 aliphatic rings. The van der Waals surface area contributed by atoms with Crippen LogP contribution in [0.5, 0.6) is 0 Å². The van der Waals surface area contributed by atoms with E-state index < -0.39 is 5.60 Å². The SMILES string of the molecule is CC(C)(C)OC(=O)N1CCN(CCOCCOCCOCCOSI)CC1. The van der Waals surface area contributed by atoms with Gasteiger partial charge in [-0.2, -0.15) is 0 Å². The summed E-state index contributed by atoms with van der Waals surface area (Å²) in [4.78, 5) is 16.1. The van der Waals surface area contributed by atoms with Gasteiger partial charge in [0.25, 0.3) is 0 Å². The standard InChI is InChI=1S/C17H33IN2O6S/c1-17(2,3)26-16(21)20-6-4-19(5-7-20)8-9-22-10-11-23-12-13-24-14-15-25-27-18/h4-15H2,1-3H3. The van der Waals surface area contributed by atoms with Crippen molar-refractivity contribution in [2.75, 3.05) is 79.0 Å². The molecule has 0 aromatic carbocycles. The number of hydrogen-bond acceptors (Lipinski definition) is 8. The van der Waals surface area contributed by atoms with E-state index >= 15 is 0 Å². The van der Waals surface area contributed by atoms with Crippen LogP contribution in [0.2, 0.25) is 0 Å². The summed E-state index contributed by atoms with van der Waals surface area (Å²) in [6.07, 6.45) is -0.226. The van der Waals surface area contributed by atoms with Crippen molar-refractivity contribution >= 4 is 36.5 Å². The molecule has 1 fully saturated rings. The first kappa shape index (κ1) is 25.2. The lowest BCUT2D eigenvalue weighted by Crippen LogP contribution is -2.50. The number of carbonyl (C=O) groups excluding carboxylic acids is 1. The van der Waals surface area contributed by atoms with E-state index in [1.165, 1.54) is 9.21 Å². The van der Waals surface area contributed by atoms with Crippen molar-refractivity contribution in [1.29, 1.82) is 0 Å². The molecule has 1 rings (SSSR count). The average molecular weight is 520 g/mol. The maximum Gasteiger partial charge on any atom is 0.410 e. The third kappa shape index (κ3) is 13.9. The Hall–Kier alpha value is 0.150. The highest BCUT2D eigenvalue weighted by Crippen LogP contribution is 2.12. The van der Waals surface area contributed by atoms with Crippen molar-refractivity contribution in [3.8, 4) is 0 Å². The smallest absolute Gasteiger partial charge is 0.410 e. The predicted molar refractivity (Wildman–Crippen MR) is 114 cm³/mol. The lowest BCUT2D eigenvalue weighted by molar-refractivity contribution is 0.0000103. The zero-order valence-corrected chi connectivity index (χ0v) is 19.6. The number of hydrogen-bond donors (Lipinski definition) is 0. The Morgan fingerprint density at radius 1 is 0.889 bits per heavy atom. The number of rotatable bonds is 13. The molecule has 27 heavy (non-hydrogen) atoms. The Kier molecular flexibility index (Phi) is 14.0. The zero-order valence-electron chi connectivity index (χ0n) is 16.6. The molecule has 1 amide bonds. The number of amides is 1. The second-order valence-corrected chi connectivity index (χ2v) is 8.47. The monoisotopic (exact) mass is 520 g/mol. The first-order chi connectivity index (χ1) is 12.9. The van der Waals surface area contributed by atoms with Gasteiger partial charge < -0.3 is 28.0 Å². The molecule has 8 nitrogen and oxygen atoms in total. The van der Waals surface area contributed by atoms with Crippen molar-refractivity contribution in [1.82, 2.24) is 9.80 Å². The number of carbonyl (C=O) groups is 1. The topological polar surface area (TPSA) is 69.7 Å². The highest BCUT2D eigenvalue weighted by molar-refractivity contribution is 14.2. The van der Waals surface area contributed by atoms with Crippen LogP contribution in [0.3, 0.4) is 0 Å². The van der Waals surface area contributed by atoms with Gasteiger partial charge in [-0.1, -0.05) is 0 Å². The fraction of sp³-hybridized carbons (Fsp3) is 0.941. The molecule has 1 aliphatic heterocycles. The minimum Gasteiger partial charge on any atom is -0.444 e. The Morgan fingerprint density at radius 3 is 1.93 bits per heavy atom. The summed E-state index contributed by atoms with van der Waals surface area (Å²) in [7, 11) is 1.31. The number of nitrogens with zero attached hydrogens (tertiary/aromatic N) is 2. The van der Waals surface area contributed by atoms with Gasteiger partial charge in [-0.3, -0.25) is 4.90 Å². The molecule has 0 unspecified atom stereocenters. The Labute approximate surface area is 179 Å².